The highest BCUT2D eigenvalue weighted by Crippen LogP contribution is 2.37. The molecule has 10 nitrogen and oxygen atoms in total. The molecule has 1 aliphatic carbocycles. The van der Waals surface area contributed by atoms with Crippen LogP contribution in [0.2, 0.25) is 0 Å². The number of sulfonamides is 1. The summed E-state index contributed by atoms with van der Waals surface area (Å²) in [6, 6.07) is 3.29. The van der Waals surface area contributed by atoms with Crippen molar-refractivity contribution in [1.82, 2.24) is 19.5 Å². The number of ether oxygens (including phenoxy) is 1. The number of rotatable bonds is 6. The first-order valence-electron chi connectivity index (χ1n) is 10.7. The number of aromatic nitrogens is 1. The van der Waals surface area contributed by atoms with Gasteiger partial charge in [-0.25, -0.2) is 13.4 Å². The lowest BCUT2D eigenvalue weighted by Gasteiger charge is -2.35. The Kier molecular flexibility index (Phi) is 6.44. The number of piperazine rings is 1. The Morgan fingerprint density at radius 2 is 1.81 bits per heavy atom. The van der Waals surface area contributed by atoms with Crippen molar-refractivity contribution in [2.45, 2.75) is 18.2 Å². The van der Waals surface area contributed by atoms with Crippen LogP contribution in [0.1, 0.15) is 13.3 Å². The van der Waals surface area contributed by atoms with Gasteiger partial charge in [-0.05, 0) is 24.5 Å². The number of anilines is 1. The summed E-state index contributed by atoms with van der Waals surface area (Å²) in [6.45, 7) is 5.82. The van der Waals surface area contributed by atoms with Crippen molar-refractivity contribution in [1.29, 1.82) is 0 Å². The maximum absolute atomic E-state index is 12.7. The second kappa shape index (κ2) is 9.09. The molecule has 2 unspecified atom stereocenters. The van der Waals surface area contributed by atoms with Crippen molar-refractivity contribution >= 4 is 27.7 Å². The standard InChI is InChI=1S/C20H29N5O5S/c1-15-12-17(15)20(27)22-14-19(26)24-6-4-23(5-7-24)18-3-2-16(13-21-18)31(28,29)25-8-10-30-11-9-25/h2-3,13,15,17H,4-12,14H2,1H3,(H,22,27). The summed E-state index contributed by atoms with van der Waals surface area (Å²) < 4.78 is 32.1. The minimum Gasteiger partial charge on any atom is -0.379 e. The number of nitrogens with zero attached hydrogens (tertiary/aromatic N) is 4. The SMILES string of the molecule is CC1CC1C(=O)NCC(=O)N1CCN(c2ccc(S(=O)(=O)N3CCOCC3)cn2)CC1. The minimum atomic E-state index is -3.56. The van der Waals surface area contributed by atoms with E-state index in [1.807, 2.05) is 11.8 Å². The van der Waals surface area contributed by atoms with Crippen molar-refractivity contribution < 1.29 is 22.7 Å². The van der Waals surface area contributed by atoms with Crippen molar-refractivity contribution in [2.75, 3.05) is 63.9 Å². The zero-order chi connectivity index (χ0) is 22.0. The fourth-order valence-corrected chi connectivity index (χ4v) is 5.28. The third-order valence-electron chi connectivity index (χ3n) is 6.15. The molecule has 1 N–H and O–H groups in total. The molecule has 0 spiro atoms. The Labute approximate surface area is 182 Å². The molecule has 1 saturated carbocycles. The van der Waals surface area contributed by atoms with E-state index < -0.39 is 10.0 Å². The third-order valence-corrected chi connectivity index (χ3v) is 8.03. The van der Waals surface area contributed by atoms with E-state index in [0.29, 0.717) is 64.2 Å². The van der Waals surface area contributed by atoms with Crippen molar-refractivity contribution in [3.63, 3.8) is 0 Å². The van der Waals surface area contributed by atoms with E-state index in [9.17, 15) is 18.0 Å². The molecule has 31 heavy (non-hydrogen) atoms. The Morgan fingerprint density at radius 3 is 2.39 bits per heavy atom. The van der Waals surface area contributed by atoms with E-state index in [4.69, 9.17) is 4.74 Å². The van der Waals surface area contributed by atoms with Gasteiger partial charge in [-0.15, -0.1) is 0 Å². The number of morpholine rings is 1. The Balaban J connectivity index is 1.27. The summed E-state index contributed by atoms with van der Waals surface area (Å²) in [5, 5.41) is 2.74. The second-order valence-corrected chi connectivity index (χ2v) is 10.2. The molecule has 170 valence electrons. The summed E-state index contributed by atoms with van der Waals surface area (Å²) in [5.74, 6) is 1.05. The van der Waals surface area contributed by atoms with Gasteiger partial charge in [-0.2, -0.15) is 4.31 Å². The van der Waals surface area contributed by atoms with Crippen LogP contribution in [-0.2, 0) is 24.3 Å². The predicted octanol–water partition coefficient (Wildman–Crippen LogP) is -0.477. The van der Waals surface area contributed by atoms with Crippen LogP contribution in [0, 0.1) is 11.8 Å². The van der Waals surface area contributed by atoms with Crippen LogP contribution in [0.25, 0.3) is 0 Å². The molecule has 3 fully saturated rings. The molecule has 1 aromatic heterocycles. The van der Waals surface area contributed by atoms with E-state index >= 15 is 0 Å². The van der Waals surface area contributed by atoms with Gasteiger partial charge >= 0.3 is 0 Å². The highest BCUT2D eigenvalue weighted by molar-refractivity contribution is 7.89. The molecular weight excluding hydrogens is 422 g/mol. The molecule has 2 saturated heterocycles. The molecule has 1 aromatic rings. The first-order valence-corrected chi connectivity index (χ1v) is 12.1. The van der Waals surface area contributed by atoms with Crippen LogP contribution in [0.15, 0.2) is 23.2 Å². The Bertz CT molecular complexity index is 908. The first-order chi connectivity index (χ1) is 14.9. The number of amides is 2. The molecule has 3 heterocycles. The van der Waals surface area contributed by atoms with E-state index in [1.165, 1.54) is 10.5 Å². The van der Waals surface area contributed by atoms with E-state index in [-0.39, 0.29) is 29.2 Å². The number of nitrogens with one attached hydrogen (secondary N) is 1. The summed E-state index contributed by atoms with van der Waals surface area (Å²) in [5.41, 5.74) is 0. The highest BCUT2D eigenvalue weighted by Gasteiger charge is 2.39. The van der Waals surface area contributed by atoms with Crippen LogP contribution < -0.4 is 10.2 Å². The van der Waals surface area contributed by atoms with Gasteiger partial charge in [-0.1, -0.05) is 6.92 Å². The monoisotopic (exact) mass is 451 g/mol. The Morgan fingerprint density at radius 1 is 1.13 bits per heavy atom. The fraction of sp³-hybridized carbons (Fsp3) is 0.650. The number of hydrogen-bond acceptors (Lipinski definition) is 7. The topological polar surface area (TPSA) is 112 Å². The lowest BCUT2D eigenvalue weighted by atomic mass is 10.3. The van der Waals surface area contributed by atoms with Gasteiger partial charge in [0.15, 0.2) is 0 Å². The van der Waals surface area contributed by atoms with E-state index in [0.717, 1.165) is 6.42 Å². The maximum atomic E-state index is 12.7. The van der Waals surface area contributed by atoms with E-state index in [2.05, 4.69) is 10.3 Å². The van der Waals surface area contributed by atoms with Crippen molar-refractivity contribution in [2.24, 2.45) is 11.8 Å². The lowest BCUT2D eigenvalue weighted by molar-refractivity contribution is -0.133. The minimum absolute atomic E-state index is 0.0317. The predicted molar refractivity (Wildman–Crippen MR) is 113 cm³/mol. The molecule has 0 bridgehead atoms. The normalized spacial score (nSPS) is 24.7. The zero-order valence-electron chi connectivity index (χ0n) is 17.7. The molecule has 2 aliphatic heterocycles. The zero-order valence-corrected chi connectivity index (χ0v) is 18.5. The lowest BCUT2D eigenvalue weighted by Crippen LogP contribution is -2.51. The molecule has 11 heteroatoms. The molecule has 4 rings (SSSR count). The van der Waals surface area contributed by atoms with Gasteiger partial charge in [0.05, 0.1) is 19.8 Å². The van der Waals surface area contributed by atoms with Crippen molar-refractivity contribution in [3.05, 3.63) is 18.3 Å². The summed E-state index contributed by atoms with van der Waals surface area (Å²) in [7, 11) is -3.56. The first kappa shape index (κ1) is 22.0. The summed E-state index contributed by atoms with van der Waals surface area (Å²) in [6.07, 6.45) is 2.30. The number of hydrogen-bond donors (Lipinski definition) is 1. The Hall–Kier alpha value is -2.24. The van der Waals surface area contributed by atoms with Crippen LogP contribution >= 0.6 is 0 Å². The van der Waals surface area contributed by atoms with Gasteiger partial charge in [0.1, 0.15) is 10.7 Å². The van der Waals surface area contributed by atoms with Crippen molar-refractivity contribution in [3.8, 4) is 0 Å². The smallest absolute Gasteiger partial charge is 0.244 e. The third kappa shape index (κ3) is 4.99. The van der Waals surface area contributed by atoms with Crippen LogP contribution in [0.4, 0.5) is 5.82 Å². The highest BCUT2D eigenvalue weighted by atomic mass is 32.2. The molecule has 2 amide bonds. The number of carbonyl (C=O) groups is 2. The molecule has 0 radical (unpaired) electrons. The summed E-state index contributed by atoms with van der Waals surface area (Å²) in [4.78, 5) is 32.6. The van der Waals surface area contributed by atoms with Gasteiger partial charge in [-0.3, -0.25) is 9.59 Å². The number of carbonyl (C=O) groups excluding carboxylic acids is 2. The van der Waals surface area contributed by atoms with Crippen LogP contribution in [0.3, 0.4) is 0 Å². The van der Waals surface area contributed by atoms with Gasteiger partial charge in [0, 0.05) is 51.4 Å². The maximum Gasteiger partial charge on any atom is 0.244 e. The fourth-order valence-electron chi connectivity index (χ4n) is 3.93. The summed E-state index contributed by atoms with van der Waals surface area (Å²) >= 11 is 0. The quantitative estimate of drug-likeness (QED) is 0.622. The second-order valence-electron chi connectivity index (χ2n) is 8.27. The number of pyridine rings is 1. The molecule has 3 aliphatic rings. The van der Waals surface area contributed by atoms with Crippen LogP contribution in [0.5, 0.6) is 0 Å². The van der Waals surface area contributed by atoms with Gasteiger partial charge in [0.2, 0.25) is 21.8 Å². The average Bonchev–Trinajstić information content (AvgIpc) is 3.54. The van der Waals surface area contributed by atoms with E-state index in [1.54, 1.807) is 17.0 Å². The van der Waals surface area contributed by atoms with Gasteiger partial charge < -0.3 is 19.9 Å². The molecule has 2 atom stereocenters. The molecular formula is C20H29N5O5S. The molecule has 0 aromatic carbocycles. The average molecular weight is 452 g/mol. The van der Waals surface area contributed by atoms with Crippen LogP contribution in [-0.4, -0.2) is 93.4 Å². The largest absolute Gasteiger partial charge is 0.379 e. The van der Waals surface area contributed by atoms with Gasteiger partial charge in [0.25, 0.3) is 0 Å².